The maximum Gasteiger partial charge on any atom is 0.0175 e. The lowest BCUT2D eigenvalue weighted by molar-refractivity contribution is 1.46. The first-order chi connectivity index (χ1) is 21.7. The Morgan fingerprint density at radius 3 is 0.773 bits per heavy atom. The predicted molar refractivity (Wildman–Crippen MR) is 191 cm³/mol. The molecule has 0 nitrogen and oxygen atoms in total. The molecule has 0 aromatic heterocycles. The maximum atomic E-state index is 3.70. The van der Waals surface area contributed by atoms with Gasteiger partial charge in [-0.15, -0.1) is 0 Å². The highest BCUT2D eigenvalue weighted by Crippen LogP contribution is 2.55. The second-order valence-corrected chi connectivity index (χ2v) is 12.0. The molecular formula is C43H31Br. The molecule has 0 saturated heterocycles. The molecule has 0 aliphatic heterocycles. The summed E-state index contributed by atoms with van der Waals surface area (Å²) in [6.07, 6.45) is 0. The summed E-state index contributed by atoms with van der Waals surface area (Å²) in [5.41, 5.74) is 15.8. The average molecular weight is 628 g/mol. The Bertz CT molecular complexity index is 1750. The Hall–Kier alpha value is -4.98. The van der Waals surface area contributed by atoms with Gasteiger partial charge in [-0.2, -0.15) is 0 Å². The van der Waals surface area contributed by atoms with Crippen LogP contribution in [0.4, 0.5) is 0 Å². The Kier molecular flexibility index (Phi) is 7.80. The zero-order chi connectivity index (χ0) is 29.9. The van der Waals surface area contributed by atoms with Gasteiger partial charge in [-0.25, -0.2) is 0 Å². The molecule has 0 bridgehead atoms. The Balaban J connectivity index is 1.81. The van der Waals surface area contributed by atoms with E-state index in [1.807, 2.05) is 0 Å². The molecular weight excluding hydrogens is 596 g/mol. The average Bonchev–Trinajstić information content (AvgIpc) is 3.09. The highest BCUT2D eigenvalue weighted by molar-refractivity contribution is 9.10. The van der Waals surface area contributed by atoms with Crippen molar-refractivity contribution in [1.29, 1.82) is 0 Å². The summed E-state index contributed by atoms with van der Waals surface area (Å²) in [6.45, 7) is 2.15. The first-order valence-electron chi connectivity index (χ1n) is 15.0. The molecule has 0 radical (unpaired) electrons. The van der Waals surface area contributed by atoms with Crippen molar-refractivity contribution in [3.8, 4) is 66.8 Å². The van der Waals surface area contributed by atoms with Crippen LogP contribution in [0.25, 0.3) is 66.8 Å². The fourth-order valence-corrected chi connectivity index (χ4v) is 6.50. The third kappa shape index (κ3) is 5.32. The normalized spacial score (nSPS) is 11.0. The van der Waals surface area contributed by atoms with Crippen molar-refractivity contribution in [2.45, 2.75) is 6.92 Å². The van der Waals surface area contributed by atoms with Crippen LogP contribution in [0.15, 0.2) is 174 Å². The molecule has 7 rings (SSSR count). The number of halogens is 1. The summed E-state index contributed by atoms with van der Waals surface area (Å²) < 4.78 is 1.06. The van der Waals surface area contributed by atoms with Crippen LogP contribution in [0.1, 0.15) is 5.56 Å². The van der Waals surface area contributed by atoms with Gasteiger partial charge in [0.2, 0.25) is 0 Å². The van der Waals surface area contributed by atoms with Gasteiger partial charge in [0, 0.05) is 4.47 Å². The summed E-state index contributed by atoms with van der Waals surface area (Å²) in [6, 6.07) is 61.4. The smallest absolute Gasteiger partial charge is 0.0175 e. The van der Waals surface area contributed by atoms with Crippen LogP contribution < -0.4 is 0 Å². The van der Waals surface area contributed by atoms with E-state index in [4.69, 9.17) is 0 Å². The van der Waals surface area contributed by atoms with Crippen molar-refractivity contribution in [3.05, 3.63) is 180 Å². The first kappa shape index (κ1) is 27.8. The second-order valence-electron chi connectivity index (χ2n) is 11.1. The highest BCUT2D eigenvalue weighted by atomic mass is 79.9. The molecule has 0 fully saturated rings. The molecule has 44 heavy (non-hydrogen) atoms. The first-order valence-corrected chi connectivity index (χ1v) is 15.8. The number of rotatable bonds is 6. The van der Waals surface area contributed by atoms with E-state index in [-0.39, 0.29) is 0 Å². The third-order valence-electron chi connectivity index (χ3n) is 8.22. The summed E-state index contributed by atoms with van der Waals surface area (Å²) >= 11 is 3.70. The van der Waals surface area contributed by atoms with E-state index in [0.29, 0.717) is 0 Å². The third-order valence-corrected chi connectivity index (χ3v) is 8.75. The maximum absolute atomic E-state index is 3.70. The minimum absolute atomic E-state index is 1.06. The zero-order valence-electron chi connectivity index (χ0n) is 24.5. The summed E-state index contributed by atoms with van der Waals surface area (Å²) in [4.78, 5) is 0. The minimum atomic E-state index is 1.06. The molecule has 1 heteroatoms. The standard InChI is InChI=1S/C43H31Br/c1-30-22-24-35(25-23-30)42-38(31-14-6-2-7-15-31)40(33-18-10-4-11-19-33)43(36-26-28-37(44)29-27-36)41(34-20-12-5-13-21-34)39(42)32-16-8-3-9-17-32/h2-29H,1H3. The molecule has 0 heterocycles. The summed E-state index contributed by atoms with van der Waals surface area (Å²) in [5, 5.41) is 0. The van der Waals surface area contributed by atoms with Crippen molar-refractivity contribution in [2.24, 2.45) is 0 Å². The lowest BCUT2D eigenvalue weighted by Gasteiger charge is -2.28. The van der Waals surface area contributed by atoms with Crippen LogP contribution in [-0.4, -0.2) is 0 Å². The van der Waals surface area contributed by atoms with E-state index in [1.54, 1.807) is 0 Å². The van der Waals surface area contributed by atoms with Gasteiger partial charge in [0.25, 0.3) is 0 Å². The predicted octanol–water partition coefficient (Wildman–Crippen LogP) is 12.8. The van der Waals surface area contributed by atoms with Gasteiger partial charge >= 0.3 is 0 Å². The van der Waals surface area contributed by atoms with Crippen LogP contribution in [0.3, 0.4) is 0 Å². The number of benzene rings is 7. The molecule has 210 valence electrons. The van der Waals surface area contributed by atoms with E-state index >= 15 is 0 Å². The summed E-state index contributed by atoms with van der Waals surface area (Å²) in [5.74, 6) is 0. The molecule has 0 saturated carbocycles. The number of aryl methyl sites for hydroxylation is 1. The minimum Gasteiger partial charge on any atom is -0.0622 e. The largest absolute Gasteiger partial charge is 0.0622 e. The van der Waals surface area contributed by atoms with E-state index in [1.165, 1.54) is 72.3 Å². The van der Waals surface area contributed by atoms with Crippen molar-refractivity contribution in [3.63, 3.8) is 0 Å². The molecule has 0 N–H and O–H groups in total. The topological polar surface area (TPSA) is 0 Å². The molecule has 0 aliphatic carbocycles. The number of hydrogen-bond donors (Lipinski definition) is 0. The lowest BCUT2D eigenvalue weighted by atomic mass is 9.74. The van der Waals surface area contributed by atoms with Crippen LogP contribution in [0.5, 0.6) is 0 Å². The van der Waals surface area contributed by atoms with Gasteiger partial charge in [-0.05, 0) is 85.8 Å². The van der Waals surface area contributed by atoms with Gasteiger partial charge in [0.1, 0.15) is 0 Å². The van der Waals surface area contributed by atoms with E-state index in [0.717, 1.165) is 4.47 Å². The fraction of sp³-hybridized carbons (Fsp3) is 0.0233. The van der Waals surface area contributed by atoms with Gasteiger partial charge in [-0.1, -0.05) is 179 Å². The van der Waals surface area contributed by atoms with Crippen molar-refractivity contribution >= 4 is 15.9 Å². The molecule has 7 aromatic rings. The quantitative estimate of drug-likeness (QED) is 0.172. The Morgan fingerprint density at radius 1 is 0.273 bits per heavy atom. The Morgan fingerprint density at radius 2 is 0.500 bits per heavy atom. The molecule has 7 aromatic carbocycles. The molecule has 0 aliphatic rings. The fourth-order valence-electron chi connectivity index (χ4n) is 6.24. The van der Waals surface area contributed by atoms with Gasteiger partial charge < -0.3 is 0 Å². The van der Waals surface area contributed by atoms with Gasteiger partial charge in [0.05, 0.1) is 0 Å². The zero-order valence-corrected chi connectivity index (χ0v) is 26.1. The SMILES string of the molecule is Cc1ccc(-c2c(-c3ccccc3)c(-c3ccccc3)c(-c3ccc(Br)cc3)c(-c3ccccc3)c2-c2ccccc2)cc1. The van der Waals surface area contributed by atoms with Gasteiger partial charge in [-0.3, -0.25) is 0 Å². The highest BCUT2D eigenvalue weighted by Gasteiger charge is 2.28. The molecule has 0 atom stereocenters. The van der Waals surface area contributed by atoms with Crippen molar-refractivity contribution in [1.82, 2.24) is 0 Å². The lowest BCUT2D eigenvalue weighted by Crippen LogP contribution is -2.02. The van der Waals surface area contributed by atoms with E-state index < -0.39 is 0 Å². The van der Waals surface area contributed by atoms with Crippen LogP contribution in [-0.2, 0) is 0 Å². The molecule has 0 amide bonds. The van der Waals surface area contributed by atoms with Gasteiger partial charge in [0.15, 0.2) is 0 Å². The van der Waals surface area contributed by atoms with E-state index in [9.17, 15) is 0 Å². The second kappa shape index (κ2) is 12.3. The van der Waals surface area contributed by atoms with Crippen LogP contribution in [0, 0.1) is 6.92 Å². The van der Waals surface area contributed by atoms with E-state index in [2.05, 4.69) is 193 Å². The molecule has 0 spiro atoms. The Labute approximate surface area is 268 Å². The van der Waals surface area contributed by atoms with Crippen molar-refractivity contribution < 1.29 is 0 Å². The monoisotopic (exact) mass is 626 g/mol. The van der Waals surface area contributed by atoms with Crippen LogP contribution >= 0.6 is 15.9 Å². The van der Waals surface area contributed by atoms with Crippen LogP contribution in [0.2, 0.25) is 0 Å². The van der Waals surface area contributed by atoms with Crippen molar-refractivity contribution in [2.75, 3.05) is 0 Å². The number of hydrogen-bond acceptors (Lipinski definition) is 0. The summed E-state index contributed by atoms with van der Waals surface area (Å²) in [7, 11) is 0. The molecule has 0 unspecified atom stereocenters.